The van der Waals surface area contributed by atoms with Gasteiger partial charge in [-0.25, -0.2) is 9.67 Å². The van der Waals surface area contributed by atoms with Gasteiger partial charge < -0.3 is 10.4 Å². The predicted octanol–water partition coefficient (Wildman–Crippen LogP) is 3.60. The number of anilines is 1. The van der Waals surface area contributed by atoms with Crippen LogP contribution in [-0.4, -0.2) is 30.7 Å². The van der Waals surface area contributed by atoms with Crippen molar-refractivity contribution in [2.24, 2.45) is 0 Å². The van der Waals surface area contributed by atoms with Crippen molar-refractivity contribution in [2.45, 2.75) is 6.92 Å². The number of aromatic nitrogens is 3. The highest BCUT2D eigenvalue weighted by Crippen LogP contribution is 2.28. The summed E-state index contributed by atoms with van der Waals surface area (Å²) in [5, 5.41) is 28.5. The fourth-order valence-corrected chi connectivity index (χ4v) is 2.97. The van der Waals surface area contributed by atoms with Crippen LogP contribution in [0.15, 0.2) is 60.8 Å². The quantitative estimate of drug-likeness (QED) is 0.312. The molecule has 9 nitrogen and oxygen atoms in total. The smallest absolute Gasteiger partial charge is 0.273 e. The zero-order valence-electron chi connectivity index (χ0n) is 15.2. The lowest BCUT2D eigenvalue weighted by atomic mass is 10.2. The number of hydrogen-bond donors (Lipinski definition) is 2. The highest BCUT2D eigenvalue weighted by molar-refractivity contribution is 6.05. The number of aromatic hydroxyl groups is 1. The van der Waals surface area contributed by atoms with E-state index in [0.29, 0.717) is 11.5 Å². The molecule has 9 heteroatoms. The Hall–Kier alpha value is -4.27. The van der Waals surface area contributed by atoms with Gasteiger partial charge in [-0.1, -0.05) is 18.2 Å². The number of fused-ring (bicyclic) bond motifs is 1. The molecular weight excluding hydrogens is 374 g/mol. The van der Waals surface area contributed by atoms with Gasteiger partial charge in [-0.2, -0.15) is 5.10 Å². The highest BCUT2D eigenvalue weighted by Gasteiger charge is 2.18. The van der Waals surface area contributed by atoms with Crippen LogP contribution in [0.4, 0.5) is 11.4 Å². The van der Waals surface area contributed by atoms with Crippen LogP contribution in [0.3, 0.4) is 0 Å². The number of carbonyl (C=O) groups is 1. The summed E-state index contributed by atoms with van der Waals surface area (Å²) in [6, 6.07) is 14.9. The third kappa shape index (κ3) is 3.36. The van der Waals surface area contributed by atoms with Gasteiger partial charge in [0.1, 0.15) is 5.75 Å². The lowest BCUT2D eigenvalue weighted by Gasteiger charge is -2.08. The maximum atomic E-state index is 12.6. The van der Waals surface area contributed by atoms with Gasteiger partial charge in [-0.05, 0) is 31.2 Å². The molecule has 0 aliphatic rings. The fourth-order valence-electron chi connectivity index (χ4n) is 2.97. The standard InChI is InChI=1S/C20H15N5O4/c1-12-15(20(27)23-17-8-7-14(25(28)29)10-18(17)26)11-21-24(12)19-9-6-13-4-2-3-5-16(13)22-19/h2-11,26H,1H3,(H,23,27). The van der Waals surface area contributed by atoms with Crippen LogP contribution in [0.25, 0.3) is 16.7 Å². The third-order valence-corrected chi connectivity index (χ3v) is 4.50. The SMILES string of the molecule is Cc1c(C(=O)Nc2ccc([N+](=O)[O-])cc2O)cnn1-c1ccc2ccccc2n1. The van der Waals surface area contributed by atoms with Gasteiger partial charge >= 0.3 is 0 Å². The molecular formula is C20H15N5O4. The van der Waals surface area contributed by atoms with Crippen LogP contribution in [-0.2, 0) is 0 Å². The zero-order chi connectivity index (χ0) is 20.5. The first kappa shape index (κ1) is 18.1. The van der Waals surface area contributed by atoms with Crippen molar-refractivity contribution in [3.05, 3.63) is 82.2 Å². The molecule has 0 aliphatic carbocycles. The Morgan fingerprint density at radius 3 is 2.72 bits per heavy atom. The molecule has 2 N–H and O–H groups in total. The molecule has 1 amide bonds. The molecule has 0 bridgehead atoms. The first-order chi connectivity index (χ1) is 13.9. The largest absolute Gasteiger partial charge is 0.506 e. The summed E-state index contributed by atoms with van der Waals surface area (Å²) >= 11 is 0. The number of carbonyl (C=O) groups excluding carboxylic acids is 1. The van der Waals surface area contributed by atoms with Crippen molar-refractivity contribution >= 4 is 28.2 Å². The van der Waals surface area contributed by atoms with Crippen LogP contribution in [0.5, 0.6) is 5.75 Å². The van der Waals surface area contributed by atoms with Crippen molar-refractivity contribution in [1.29, 1.82) is 0 Å². The number of non-ortho nitro benzene ring substituents is 1. The van der Waals surface area contributed by atoms with Crippen molar-refractivity contribution in [2.75, 3.05) is 5.32 Å². The molecule has 0 saturated heterocycles. The van der Waals surface area contributed by atoms with E-state index < -0.39 is 16.6 Å². The summed E-state index contributed by atoms with van der Waals surface area (Å²) < 4.78 is 1.55. The van der Waals surface area contributed by atoms with Crippen molar-refractivity contribution < 1.29 is 14.8 Å². The summed E-state index contributed by atoms with van der Waals surface area (Å²) in [4.78, 5) is 27.3. The molecule has 0 atom stereocenters. The Labute approximate surface area is 164 Å². The van der Waals surface area contributed by atoms with E-state index in [9.17, 15) is 20.0 Å². The lowest BCUT2D eigenvalue weighted by molar-refractivity contribution is -0.384. The minimum atomic E-state index is -0.629. The number of phenols is 1. The van der Waals surface area contributed by atoms with Crippen LogP contribution >= 0.6 is 0 Å². The summed E-state index contributed by atoms with van der Waals surface area (Å²) in [5.41, 5.74) is 1.45. The number of phenolic OH excluding ortho intramolecular Hbond substituents is 1. The number of nitrogens with one attached hydrogen (secondary N) is 1. The Morgan fingerprint density at radius 1 is 1.17 bits per heavy atom. The molecule has 2 aromatic carbocycles. The van der Waals surface area contributed by atoms with Gasteiger partial charge in [0.25, 0.3) is 11.6 Å². The molecule has 0 aliphatic heterocycles. The van der Waals surface area contributed by atoms with Gasteiger partial charge in [-0.15, -0.1) is 0 Å². The molecule has 0 saturated carbocycles. The molecule has 0 radical (unpaired) electrons. The second-order valence-electron chi connectivity index (χ2n) is 6.33. The number of nitro benzene ring substituents is 1. The highest BCUT2D eigenvalue weighted by atomic mass is 16.6. The van der Waals surface area contributed by atoms with E-state index in [1.165, 1.54) is 18.3 Å². The second-order valence-corrected chi connectivity index (χ2v) is 6.33. The average Bonchev–Trinajstić information content (AvgIpc) is 3.10. The van der Waals surface area contributed by atoms with Crippen LogP contribution < -0.4 is 5.32 Å². The maximum Gasteiger partial charge on any atom is 0.273 e. The normalized spacial score (nSPS) is 10.8. The van der Waals surface area contributed by atoms with E-state index in [0.717, 1.165) is 17.0 Å². The number of hydrogen-bond acceptors (Lipinski definition) is 6. The number of para-hydroxylation sites is 1. The second kappa shape index (κ2) is 7.04. The van der Waals surface area contributed by atoms with Crippen LogP contribution in [0.2, 0.25) is 0 Å². The Bertz CT molecular complexity index is 1260. The summed E-state index contributed by atoms with van der Waals surface area (Å²) in [5.74, 6) is -0.328. The van der Waals surface area contributed by atoms with Gasteiger partial charge in [0.2, 0.25) is 0 Å². The zero-order valence-corrected chi connectivity index (χ0v) is 15.2. The number of benzene rings is 2. The van der Waals surface area contributed by atoms with Gasteiger partial charge in [0, 0.05) is 11.5 Å². The molecule has 0 spiro atoms. The first-order valence-electron chi connectivity index (χ1n) is 8.63. The van der Waals surface area contributed by atoms with Gasteiger partial charge in [0.05, 0.1) is 39.6 Å². The molecule has 0 unspecified atom stereocenters. The monoisotopic (exact) mass is 389 g/mol. The Kier molecular flexibility index (Phi) is 4.40. The van der Waals surface area contributed by atoms with Gasteiger partial charge in [-0.3, -0.25) is 14.9 Å². The van der Waals surface area contributed by atoms with E-state index in [2.05, 4.69) is 15.4 Å². The minimum Gasteiger partial charge on any atom is -0.506 e. The van der Waals surface area contributed by atoms with Crippen LogP contribution in [0.1, 0.15) is 16.1 Å². The molecule has 4 aromatic rings. The van der Waals surface area contributed by atoms with Crippen molar-refractivity contribution in [3.8, 4) is 11.6 Å². The maximum absolute atomic E-state index is 12.6. The topological polar surface area (TPSA) is 123 Å². The minimum absolute atomic E-state index is 0.0663. The average molecular weight is 389 g/mol. The predicted molar refractivity (Wildman–Crippen MR) is 106 cm³/mol. The van der Waals surface area contributed by atoms with Crippen LogP contribution in [0, 0.1) is 17.0 Å². The molecule has 2 aromatic heterocycles. The summed E-state index contributed by atoms with van der Waals surface area (Å²) in [6.45, 7) is 1.73. The number of pyridine rings is 1. The summed E-state index contributed by atoms with van der Waals surface area (Å²) in [6.07, 6.45) is 1.41. The van der Waals surface area contributed by atoms with E-state index in [1.54, 1.807) is 11.6 Å². The molecule has 0 fully saturated rings. The number of nitro groups is 1. The lowest BCUT2D eigenvalue weighted by Crippen LogP contribution is -2.13. The summed E-state index contributed by atoms with van der Waals surface area (Å²) in [7, 11) is 0. The Balaban J connectivity index is 1.62. The number of amides is 1. The first-order valence-corrected chi connectivity index (χ1v) is 8.63. The molecule has 144 valence electrons. The van der Waals surface area contributed by atoms with Crippen molar-refractivity contribution in [1.82, 2.24) is 14.8 Å². The van der Waals surface area contributed by atoms with Gasteiger partial charge in [0.15, 0.2) is 5.82 Å². The molecule has 4 rings (SSSR count). The van der Waals surface area contributed by atoms with E-state index in [4.69, 9.17) is 0 Å². The van der Waals surface area contributed by atoms with E-state index in [-0.39, 0.29) is 16.9 Å². The van der Waals surface area contributed by atoms with Crippen molar-refractivity contribution in [3.63, 3.8) is 0 Å². The number of rotatable bonds is 4. The Morgan fingerprint density at radius 2 is 1.97 bits per heavy atom. The van der Waals surface area contributed by atoms with E-state index in [1.807, 2.05) is 36.4 Å². The molecule has 2 heterocycles. The third-order valence-electron chi connectivity index (χ3n) is 4.50. The molecule has 29 heavy (non-hydrogen) atoms. The van der Waals surface area contributed by atoms with E-state index >= 15 is 0 Å². The fraction of sp³-hybridized carbons (Fsp3) is 0.0500. The number of nitrogens with zero attached hydrogens (tertiary/aromatic N) is 4.